The van der Waals surface area contributed by atoms with Crippen LogP contribution in [0.25, 0.3) is 0 Å². The molecule has 2 aromatic rings. The molecule has 0 fully saturated rings. The zero-order chi connectivity index (χ0) is 13.1. The third-order valence-corrected chi connectivity index (χ3v) is 2.83. The van der Waals surface area contributed by atoms with Crippen LogP contribution in [0.2, 0.25) is 10.0 Å². The number of nitrogens with two attached hydrogens (primary N) is 1. The van der Waals surface area contributed by atoms with Gasteiger partial charge in [-0.3, -0.25) is 0 Å². The summed E-state index contributed by atoms with van der Waals surface area (Å²) in [6.07, 6.45) is 0. The Kier molecular flexibility index (Phi) is 3.61. The molecule has 0 saturated carbocycles. The Labute approximate surface area is 114 Å². The minimum Gasteiger partial charge on any atom is -0.456 e. The molecule has 0 amide bonds. The van der Waals surface area contributed by atoms with Crippen molar-refractivity contribution in [1.29, 1.82) is 5.26 Å². The number of hydrogen-bond acceptors (Lipinski definition) is 3. The number of hydrogen-bond donors (Lipinski definition) is 1. The van der Waals surface area contributed by atoms with Crippen molar-refractivity contribution in [3.05, 3.63) is 52.0 Å². The van der Waals surface area contributed by atoms with Crippen LogP contribution in [0.3, 0.4) is 0 Å². The highest BCUT2D eigenvalue weighted by atomic mass is 35.5. The van der Waals surface area contributed by atoms with Crippen LogP contribution in [0.4, 0.5) is 5.69 Å². The highest BCUT2D eigenvalue weighted by Gasteiger charge is 2.07. The van der Waals surface area contributed by atoms with E-state index in [-0.39, 0.29) is 0 Å². The first-order valence-electron chi connectivity index (χ1n) is 5.02. The third kappa shape index (κ3) is 2.67. The fourth-order valence-corrected chi connectivity index (χ4v) is 1.70. The maximum Gasteiger partial charge on any atom is 0.146 e. The number of ether oxygens (including phenoxy) is 1. The summed E-state index contributed by atoms with van der Waals surface area (Å²) in [6.45, 7) is 0. The second-order valence-corrected chi connectivity index (χ2v) is 4.38. The molecule has 0 spiro atoms. The highest BCUT2D eigenvalue weighted by molar-refractivity contribution is 6.33. The minimum absolute atomic E-state index is 0.380. The van der Waals surface area contributed by atoms with Gasteiger partial charge in [0, 0.05) is 17.2 Å². The van der Waals surface area contributed by atoms with Crippen molar-refractivity contribution < 1.29 is 4.74 Å². The van der Waals surface area contributed by atoms with Crippen molar-refractivity contribution in [3.8, 4) is 17.6 Å². The fourth-order valence-electron chi connectivity index (χ4n) is 1.37. The lowest BCUT2D eigenvalue weighted by Crippen LogP contribution is -1.90. The highest BCUT2D eigenvalue weighted by Crippen LogP contribution is 2.31. The lowest BCUT2D eigenvalue weighted by atomic mass is 10.2. The molecular formula is C13H8Cl2N2O. The number of benzene rings is 2. The Morgan fingerprint density at radius 1 is 1.11 bits per heavy atom. The molecule has 0 aliphatic heterocycles. The van der Waals surface area contributed by atoms with Gasteiger partial charge in [-0.25, -0.2) is 0 Å². The SMILES string of the molecule is N#Cc1ccc(Cl)cc1Oc1ccc(N)c(Cl)c1. The summed E-state index contributed by atoms with van der Waals surface area (Å²) >= 11 is 11.7. The molecule has 0 saturated heterocycles. The van der Waals surface area contributed by atoms with Gasteiger partial charge in [0.1, 0.15) is 17.6 Å². The normalized spacial score (nSPS) is 9.83. The van der Waals surface area contributed by atoms with Gasteiger partial charge in [-0.2, -0.15) is 5.26 Å². The van der Waals surface area contributed by atoms with Crippen molar-refractivity contribution in [1.82, 2.24) is 0 Å². The number of halogens is 2. The zero-order valence-corrected chi connectivity index (χ0v) is 10.7. The summed E-state index contributed by atoms with van der Waals surface area (Å²) < 4.78 is 5.57. The molecule has 90 valence electrons. The Bertz CT molecular complexity index is 635. The van der Waals surface area contributed by atoms with Crippen LogP contribution < -0.4 is 10.5 Å². The number of nitrogen functional groups attached to an aromatic ring is 1. The maximum atomic E-state index is 8.97. The van der Waals surface area contributed by atoms with Crippen LogP contribution in [-0.4, -0.2) is 0 Å². The van der Waals surface area contributed by atoms with Gasteiger partial charge >= 0.3 is 0 Å². The molecule has 2 aromatic carbocycles. The van der Waals surface area contributed by atoms with E-state index in [0.717, 1.165) is 0 Å². The van der Waals surface area contributed by atoms with Crippen LogP contribution in [0.15, 0.2) is 36.4 Å². The van der Waals surface area contributed by atoms with E-state index in [1.165, 1.54) is 0 Å². The van der Waals surface area contributed by atoms with Crippen LogP contribution >= 0.6 is 23.2 Å². The predicted octanol–water partition coefficient (Wildman–Crippen LogP) is 4.24. The second kappa shape index (κ2) is 5.18. The topological polar surface area (TPSA) is 59.0 Å². The first-order chi connectivity index (χ1) is 8.60. The number of nitrogens with zero attached hydrogens (tertiary/aromatic N) is 1. The molecule has 0 aliphatic carbocycles. The van der Waals surface area contributed by atoms with Crippen LogP contribution in [0.1, 0.15) is 5.56 Å². The zero-order valence-electron chi connectivity index (χ0n) is 9.15. The van der Waals surface area contributed by atoms with Crippen molar-refractivity contribution in [2.24, 2.45) is 0 Å². The third-order valence-electron chi connectivity index (χ3n) is 2.26. The van der Waals surface area contributed by atoms with Crippen molar-refractivity contribution in [3.63, 3.8) is 0 Å². The molecule has 2 N–H and O–H groups in total. The van der Waals surface area contributed by atoms with Gasteiger partial charge in [0.2, 0.25) is 0 Å². The molecule has 3 nitrogen and oxygen atoms in total. The van der Waals surface area contributed by atoms with Crippen molar-refractivity contribution >= 4 is 28.9 Å². The fraction of sp³-hybridized carbons (Fsp3) is 0. The minimum atomic E-state index is 0.380. The largest absolute Gasteiger partial charge is 0.456 e. The average molecular weight is 279 g/mol. The van der Waals surface area contributed by atoms with Crippen molar-refractivity contribution in [2.75, 3.05) is 5.73 Å². The molecule has 2 rings (SSSR count). The van der Waals surface area contributed by atoms with Gasteiger partial charge in [-0.1, -0.05) is 23.2 Å². The molecule has 0 atom stereocenters. The summed E-state index contributed by atoms with van der Waals surface area (Å²) in [5.74, 6) is 0.874. The molecule has 0 bridgehead atoms. The van der Waals surface area contributed by atoms with E-state index in [4.69, 9.17) is 38.9 Å². The van der Waals surface area contributed by atoms with E-state index < -0.39 is 0 Å². The smallest absolute Gasteiger partial charge is 0.146 e. The summed E-state index contributed by atoms with van der Waals surface area (Å²) in [5, 5.41) is 9.85. The molecule has 0 aliphatic rings. The lowest BCUT2D eigenvalue weighted by Gasteiger charge is -2.08. The van der Waals surface area contributed by atoms with Crippen LogP contribution in [-0.2, 0) is 0 Å². The Balaban J connectivity index is 2.36. The standard InChI is InChI=1S/C13H8Cl2N2O/c14-9-2-1-8(7-16)13(5-9)18-10-3-4-12(17)11(15)6-10/h1-6H,17H2. The summed E-state index contributed by atoms with van der Waals surface area (Å²) in [4.78, 5) is 0. The van der Waals surface area contributed by atoms with Gasteiger partial charge in [0.25, 0.3) is 0 Å². The lowest BCUT2D eigenvalue weighted by molar-refractivity contribution is 0.481. The van der Waals surface area contributed by atoms with Gasteiger partial charge in [-0.15, -0.1) is 0 Å². The monoisotopic (exact) mass is 278 g/mol. The Morgan fingerprint density at radius 2 is 1.89 bits per heavy atom. The van der Waals surface area contributed by atoms with Gasteiger partial charge in [0.05, 0.1) is 16.3 Å². The van der Waals surface area contributed by atoms with E-state index in [1.54, 1.807) is 36.4 Å². The van der Waals surface area contributed by atoms with Gasteiger partial charge < -0.3 is 10.5 Å². The van der Waals surface area contributed by atoms with Crippen LogP contribution in [0.5, 0.6) is 11.5 Å². The summed E-state index contributed by atoms with van der Waals surface area (Å²) in [6, 6.07) is 11.7. The molecule has 0 aromatic heterocycles. The van der Waals surface area contributed by atoms with Crippen LogP contribution in [0, 0.1) is 11.3 Å². The van der Waals surface area contributed by atoms with Gasteiger partial charge in [0.15, 0.2) is 0 Å². The molecule has 5 heteroatoms. The molecule has 0 unspecified atom stereocenters. The number of anilines is 1. The molecule has 0 radical (unpaired) electrons. The summed E-state index contributed by atoms with van der Waals surface area (Å²) in [7, 11) is 0. The number of rotatable bonds is 2. The molecule has 18 heavy (non-hydrogen) atoms. The average Bonchev–Trinajstić information content (AvgIpc) is 2.34. The summed E-state index contributed by atoms with van der Waals surface area (Å²) in [5.41, 5.74) is 6.47. The van der Waals surface area contributed by atoms with Crippen molar-refractivity contribution in [2.45, 2.75) is 0 Å². The first-order valence-corrected chi connectivity index (χ1v) is 5.78. The first kappa shape index (κ1) is 12.6. The van der Waals surface area contributed by atoms with E-state index in [0.29, 0.717) is 32.8 Å². The molecule has 0 heterocycles. The predicted molar refractivity (Wildman–Crippen MR) is 72.1 cm³/mol. The number of nitriles is 1. The second-order valence-electron chi connectivity index (χ2n) is 3.54. The maximum absolute atomic E-state index is 8.97. The van der Waals surface area contributed by atoms with E-state index in [1.807, 2.05) is 6.07 Å². The Hall–Kier alpha value is -1.89. The van der Waals surface area contributed by atoms with E-state index >= 15 is 0 Å². The van der Waals surface area contributed by atoms with E-state index in [9.17, 15) is 0 Å². The quantitative estimate of drug-likeness (QED) is 0.836. The molecular weight excluding hydrogens is 271 g/mol. The van der Waals surface area contributed by atoms with Gasteiger partial charge in [-0.05, 0) is 24.3 Å². The van der Waals surface area contributed by atoms with E-state index in [2.05, 4.69) is 0 Å². The Morgan fingerprint density at radius 3 is 2.56 bits per heavy atom.